The van der Waals surface area contributed by atoms with Crippen LogP contribution >= 0.6 is 0 Å². The van der Waals surface area contributed by atoms with Gasteiger partial charge in [0.2, 0.25) is 0 Å². The molecule has 3 rings (SSSR count). The minimum Gasteiger partial charge on any atom is -0.457 e. The van der Waals surface area contributed by atoms with Gasteiger partial charge in [0.15, 0.2) is 5.78 Å². The molecule has 0 amide bonds. The maximum atomic E-state index is 12.8. The topological polar surface area (TPSA) is 52.3 Å². The summed E-state index contributed by atoms with van der Waals surface area (Å²) in [5, 5.41) is 0. The fraction of sp³-hybridized carbons (Fsp3) is 0.321. The molecule has 3 nitrogen and oxygen atoms in total. The first kappa shape index (κ1) is 22.8. The highest BCUT2D eigenvalue weighted by Crippen LogP contribution is 2.34. The van der Waals surface area contributed by atoms with Crippen molar-refractivity contribution in [3.8, 4) is 11.5 Å². The molecular weight excluding hydrogens is 382 g/mol. The SMILES string of the molecule is CC(C)C(C)(C)c1cccc(Oc2ccc(C(=O)c3ccc(C(C)(C)N)cc3)cc2)c1. The average molecular weight is 416 g/mol. The summed E-state index contributed by atoms with van der Waals surface area (Å²) in [5.41, 5.74) is 9.27. The van der Waals surface area contributed by atoms with Crippen LogP contribution in [0.3, 0.4) is 0 Å². The van der Waals surface area contributed by atoms with Crippen LogP contribution in [0.25, 0.3) is 0 Å². The molecule has 3 heteroatoms. The number of ether oxygens (including phenoxy) is 1. The van der Waals surface area contributed by atoms with E-state index in [2.05, 4.69) is 39.8 Å². The smallest absolute Gasteiger partial charge is 0.193 e. The van der Waals surface area contributed by atoms with Crippen molar-refractivity contribution in [2.24, 2.45) is 11.7 Å². The molecule has 0 aliphatic carbocycles. The van der Waals surface area contributed by atoms with Crippen molar-refractivity contribution in [1.82, 2.24) is 0 Å². The molecule has 0 saturated carbocycles. The van der Waals surface area contributed by atoms with E-state index >= 15 is 0 Å². The summed E-state index contributed by atoms with van der Waals surface area (Å²) in [5.74, 6) is 1.99. The molecule has 0 aliphatic heterocycles. The minimum atomic E-state index is -0.428. The van der Waals surface area contributed by atoms with Gasteiger partial charge in [0, 0.05) is 16.7 Å². The van der Waals surface area contributed by atoms with Gasteiger partial charge in [-0.1, -0.05) is 64.1 Å². The van der Waals surface area contributed by atoms with Crippen molar-refractivity contribution in [3.63, 3.8) is 0 Å². The molecule has 31 heavy (non-hydrogen) atoms. The normalized spacial score (nSPS) is 12.1. The molecule has 3 aromatic carbocycles. The summed E-state index contributed by atoms with van der Waals surface area (Å²) in [6, 6.07) is 23.0. The van der Waals surface area contributed by atoms with Gasteiger partial charge in [0.05, 0.1) is 0 Å². The third-order valence-electron chi connectivity index (χ3n) is 6.26. The largest absolute Gasteiger partial charge is 0.457 e. The van der Waals surface area contributed by atoms with Crippen LogP contribution in [0.2, 0.25) is 0 Å². The van der Waals surface area contributed by atoms with E-state index < -0.39 is 5.54 Å². The second kappa shape index (κ2) is 8.68. The van der Waals surface area contributed by atoms with E-state index in [1.807, 2.05) is 62.4 Å². The van der Waals surface area contributed by atoms with Gasteiger partial charge in [-0.15, -0.1) is 0 Å². The lowest BCUT2D eigenvalue weighted by molar-refractivity contribution is 0.103. The maximum absolute atomic E-state index is 12.8. The van der Waals surface area contributed by atoms with Gasteiger partial charge in [0.1, 0.15) is 11.5 Å². The molecular formula is C28H33NO2. The number of nitrogens with two attached hydrogens (primary N) is 1. The molecule has 0 bridgehead atoms. The highest BCUT2D eigenvalue weighted by atomic mass is 16.5. The second-order valence-electron chi connectivity index (χ2n) is 9.66. The molecule has 0 saturated heterocycles. The van der Waals surface area contributed by atoms with Gasteiger partial charge in [-0.2, -0.15) is 0 Å². The lowest BCUT2D eigenvalue weighted by atomic mass is 9.75. The Kier molecular flexibility index (Phi) is 6.38. The fourth-order valence-corrected chi connectivity index (χ4v) is 3.32. The number of carbonyl (C=O) groups excluding carboxylic acids is 1. The molecule has 3 aromatic rings. The van der Waals surface area contributed by atoms with Crippen LogP contribution in [0.4, 0.5) is 0 Å². The molecule has 0 unspecified atom stereocenters. The molecule has 0 aromatic heterocycles. The third kappa shape index (κ3) is 5.23. The van der Waals surface area contributed by atoms with Gasteiger partial charge >= 0.3 is 0 Å². The van der Waals surface area contributed by atoms with Crippen LogP contribution < -0.4 is 10.5 Å². The number of hydrogen-bond donors (Lipinski definition) is 1. The van der Waals surface area contributed by atoms with Gasteiger partial charge in [-0.25, -0.2) is 0 Å². The van der Waals surface area contributed by atoms with Crippen LogP contribution in [0.1, 0.15) is 68.6 Å². The van der Waals surface area contributed by atoms with Gasteiger partial charge in [-0.05, 0) is 72.7 Å². The standard InChI is InChI=1S/C28H33NO2/c1-19(2)27(3,4)23-8-7-9-25(18-23)31-24-16-12-21(13-17-24)26(30)20-10-14-22(15-11-20)28(5,6)29/h7-19H,29H2,1-6H3. The van der Waals surface area contributed by atoms with Crippen molar-refractivity contribution in [2.75, 3.05) is 0 Å². The Morgan fingerprint density at radius 2 is 1.32 bits per heavy atom. The van der Waals surface area contributed by atoms with Crippen molar-refractivity contribution in [1.29, 1.82) is 0 Å². The van der Waals surface area contributed by atoms with E-state index in [4.69, 9.17) is 10.5 Å². The molecule has 0 atom stereocenters. The first-order chi connectivity index (χ1) is 14.5. The number of rotatable bonds is 7. The number of hydrogen-bond acceptors (Lipinski definition) is 3. The predicted molar refractivity (Wildman–Crippen MR) is 128 cm³/mol. The Labute approximate surface area is 186 Å². The molecule has 0 radical (unpaired) electrons. The van der Waals surface area contributed by atoms with Crippen LogP contribution in [0.15, 0.2) is 72.8 Å². The Morgan fingerprint density at radius 1 is 0.774 bits per heavy atom. The Hall–Kier alpha value is -2.91. The fourth-order valence-electron chi connectivity index (χ4n) is 3.32. The highest BCUT2D eigenvalue weighted by molar-refractivity contribution is 6.09. The van der Waals surface area contributed by atoms with Crippen molar-refractivity contribution >= 4 is 5.78 Å². The molecule has 0 aliphatic rings. The zero-order chi connectivity index (χ0) is 22.8. The van der Waals surface area contributed by atoms with Crippen LogP contribution in [-0.2, 0) is 11.0 Å². The predicted octanol–water partition coefficient (Wildman–Crippen LogP) is 6.84. The summed E-state index contributed by atoms with van der Waals surface area (Å²) in [7, 11) is 0. The first-order valence-corrected chi connectivity index (χ1v) is 10.8. The summed E-state index contributed by atoms with van der Waals surface area (Å²) < 4.78 is 6.06. The Balaban J connectivity index is 1.74. The van der Waals surface area contributed by atoms with Gasteiger partial charge < -0.3 is 10.5 Å². The van der Waals surface area contributed by atoms with E-state index in [0.717, 1.165) is 11.3 Å². The van der Waals surface area contributed by atoms with Crippen molar-refractivity contribution in [3.05, 3.63) is 95.1 Å². The van der Waals surface area contributed by atoms with E-state index in [-0.39, 0.29) is 11.2 Å². The summed E-state index contributed by atoms with van der Waals surface area (Å²) in [4.78, 5) is 12.8. The van der Waals surface area contributed by atoms with Crippen LogP contribution in [-0.4, -0.2) is 5.78 Å². The second-order valence-corrected chi connectivity index (χ2v) is 9.66. The van der Waals surface area contributed by atoms with Crippen LogP contribution in [0, 0.1) is 5.92 Å². The summed E-state index contributed by atoms with van der Waals surface area (Å²) in [6.45, 7) is 12.8. The summed E-state index contributed by atoms with van der Waals surface area (Å²) in [6.07, 6.45) is 0. The number of ketones is 1. The third-order valence-corrected chi connectivity index (χ3v) is 6.26. The monoisotopic (exact) mass is 415 g/mol. The Morgan fingerprint density at radius 3 is 1.84 bits per heavy atom. The number of carbonyl (C=O) groups is 1. The summed E-state index contributed by atoms with van der Waals surface area (Å²) >= 11 is 0. The molecule has 0 heterocycles. The zero-order valence-electron chi connectivity index (χ0n) is 19.4. The lowest BCUT2D eigenvalue weighted by Gasteiger charge is -2.30. The quantitative estimate of drug-likeness (QED) is 0.430. The van der Waals surface area contributed by atoms with E-state index in [0.29, 0.717) is 22.8 Å². The molecule has 0 fully saturated rings. The van der Waals surface area contributed by atoms with E-state index in [1.54, 1.807) is 12.1 Å². The van der Waals surface area contributed by atoms with E-state index in [9.17, 15) is 4.79 Å². The van der Waals surface area contributed by atoms with Crippen LogP contribution in [0.5, 0.6) is 11.5 Å². The van der Waals surface area contributed by atoms with Crippen molar-refractivity contribution in [2.45, 2.75) is 52.5 Å². The first-order valence-electron chi connectivity index (χ1n) is 10.8. The minimum absolute atomic E-state index is 0.0198. The lowest BCUT2D eigenvalue weighted by Crippen LogP contribution is -2.28. The van der Waals surface area contributed by atoms with Crippen molar-refractivity contribution < 1.29 is 9.53 Å². The van der Waals surface area contributed by atoms with Gasteiger partial charge in [0.25, 0.3) is 0 Å². The molecule has 0 spiro atoms. The Bertz CT molecular complexity index is 1040. The maximum Gasteiger partial charge on any atom is 0.193 e. The van der Waals surface area contributed by atoms with Gasteiger partial charge in [-0.3, -0.25) is 4.79 Å². The molecule has 2 N–H and O–H groups in total. The zero-order valence-corrected chi connectivity index (χ0v) is 19.4. The average Bonchev–Trinajstić information content (AvgIpc) is 2.73. The van der Waals surface area contributed by atoms with E-state index in [1.165, 1.54) is 5.56 Å². The number of benzene rings is 3. The molecule has 162 valence electrons. The highest BCUT2D eigenvalue weighted by Gasteiger charge is 2.25.